The molecule has 0 bridgehead atoms. The fourth-order valence-corrected chi connectivity index (χ4v) is 1.05. The van der Waals surface area contributed by atoms with Crippen LogP contribution in [0.15, 0.2) is 30.3 Å². The number of nitrogens with one attached hydrogen (secondary N) is 1. The first-order chi connectivity index (χ1) is 5.43. The van der Waals surface area contributed by atoms with E-state index in [2.05, 4.69) is 15.9 Å². The quantitative estimate of drug-likeness (QED) is 0.531. The van der Waals surface area contributed by atoms with E-state index < -0.39 is 0 Å². The summed E-state index contributed by atoms with van der Waals surface area (Å²) in [4.78, 5) is 0. The molecule has 0 saturated heterocycles. The first kappa shape index (κ1) is 8.03. The van der Waals surface area contributed by atoms with Crippen molar-refractivity contribution < 1.29 is 0 Å². The van der Waals surface area contributed by atoms with Gasteiger partial charge in [-0.05, 0) is 24.3 Å². The van der Waals surface area contributed by atoms with Gasteiger partial charge >= 0.3 is 0 Å². The van der Waals surface area contributed by atoms with Gasteiger partial charge < -0.3 is 4.72 Å². The summed E-state index contributed by atoms with van der Waals surface area (Å²) in [6.07, 6.45) is 0. The Balaban J connectivity index is 2.43. The second kappa shape index (κ2) is 4.70. The second-order valence-corrected chi connectivity index (χ2v) is 2.53. The van der Waals surface area contributed by atoms with Gasteiger partial charge in [-0.1, -0.05) is 24.1 Å². The molecule has 0 aromatic heterocycles. The third kappa shape index (κ3) is 3.01. The van der Waals surface area contributed by atoms with Gasteiger partial charge in [0.25, 0.3) is 0 Å². The Labute approximate surface area is 71.3 Å². The smallest absolute Gasteiger partial charge is 0.0448 e. The molecule has 0 amide bonds. The van der Waals surface area contributed by atoms with Gasteiger partial charge in [0.15, 0.2) is 0 Å². The van der Waals surface area contributed by atoms with Crippen LogP contribution in [0.1, 0.15) is 6.92 Å². The highest BCUT2D eigenvalue weighted by atomic mass is 32.2. The van der Waals surface area contributed by atoms with Crippen LogP contribution in [0, 0.1) is 11.2 Å². The number of benzene rings is 1. The fourth-order valence-electron chi connectivity index (χ4n) is 0.642. The summed E-state index contributed by atoms with van der Waals surface area (Å²) in [5, 5.41) is 2.85. The fraction of sp³-hybridized carbons (Fsp3) is 0.111. The van der Waals surface area contributed by atoms with Gasteiger partial charge in [0.1, 0.15) is 0 Å². The standard InChI is InChI=1S/C9H9NS/c1-2-8-11-10-9-6-4-3-5-7-9/h3-7,10H,1H3. The molecule has 0 heterocycles. The largest absolute Gasteiger partial charge is 0.319 e. The third-order valence-corrected chi connectivity index (χ3v) is 1.74. The lowest BCUT2D eigenvalue weighted by atomic mass is 10.3. The molecular formula is C9H9NS. The number of rotatable bonds is 2. The summed E-state index contributed by atoms with van der Waals surface area (Å²) >= 11 is 1.40. The Morgan fingerprint density at radius 1 is 1.27 bits per heavy atom. The molecule has 0 atom stereocenters. The molecule has 1 aromatic carbocycles. The van der Waals surface area contributed by atoms with Crippen molar-refractivity contribution in [2.24, 2.45) is 0 Å². The molecule has 0 aliphatic heterocycles. The van der Waals surface area contributed by atoms with E-state index in [1.807, 2.05) is 37.3 Å². The Hall–Kier alpha value is -1.07. The van der Waals surface area contributed by atoms with Gasteiger partial charge in [0.2, 0.25) is 0 Å². The van der Waals surface area contributed by atoms with Crippen LogP contribution in [0.4, 0.5) is 5.69 Å². The van der Waals surface area contributed by atoms with Gasteiger partial charge in [-0.3, -0.25) is 0 Å². The zero-order valence-corrected chi connectivity index (χ0v) is 7.11. The molecule has 0 fully saturated rings. The maximum absolute atomic E-state index is 3.09. The molecule has 1 nitrogen and oxygen atoms in total. The zero-order valence-electron chi connectivity index (χ0n) is 6.29. The van der Waals surface area contributed by atoms with Crippen molar-refractivity contribution in [2.75, 3.05) is 4.72 Å². The molecule has 0 radical (unpaired) electrons. The number of para-hydroxylation sites is 1. The van der Waals surface area contributed by atoms with E-state index >= 15 is 0 Å². The van der Waals surface area contributed by atoms with E-state index in [1.165, 1.54) is 11.9 Å². The number of hydrogen-bond acceptors (Lipinski definition) is 2. The summed E-state index contributed by atoms with van der Waals surface area (Å²) in [5.41, 5.74) is 1.08. The lowest BCUT2D eigenvalue weighted by Gasteiger charge is -1.97. The Morgan fingerprint density at radius 3 is 2.64 bits per heavy atom. The minimum Gasteiger partial charge on any atom is -0.319 e. The first-order valence-corrected chi connectivity index (χ1v) is 4.14. The molecule has 1 aromatic rings. The van der Waals surface area contributed by atoms with Crippen molar-refractivity contribution in [3.05, 3.63) is 30.3 Å². The molecule has 11 heavy (non-hydrogen) atoms. The van der Waals surface area contributed by atoms with E-state index in [-0.39, 0.29) is 0 Å². The van der Waals surface area contributed by atoms with Crippen molar-refractivity contribution in [1.29, 1.82) is 0 Å². The van der Waals surface area contributed by atoms with Crippen molar-refractivity contribution in [3.8, 4) is 11.2 Å². The van der Waals surface area contributed by atoms with Crippen LogP contribution in [-0.4, -0.2) is 0 Å². The SMILES string of the molecule is CC#CSNc1ccccc1. The average Bonchev–Trinajstić information content (AvgIpc) is 2.07. The summed E-state index contributed by atoms with van der Waals surface area (Å²) in [6.45, 7) is 1.82. The van der Waals surface area contributed by atoms with Gasteiger partial charge in [-0.25, -0.2) is 0 Å². The molecule has 1 rings (SSSR count). The van der Waals surface area contributed by atoms with Crippen LogP contribution in [0.2, 0.25) is 0 Å². The molecule has 1 N–H and O–H groups in total. The zero-order chi connectivity index (χ0) is 7.94. The van der Waals surface area contributed by atoms with E-state index in [4.69, 9.17) is 0 Å². The molecule has 2 heteroatoms. The van der Waals surface area contributed by atoms with E-state index in [9.17, 15) is 0 Å². The topological polar surface area (TPSA) is 12.0 Å². The van der Waals surface area contributed by atoms with E-state index in [1.54, 1.807) is 0 Å². The number of hydrogen-bond donors (Lipinski definition) is 1. The molecule has 56 valence electrons. The van der Waals surface area contributed by atoms with Crippen LogP contribution < -0.4 is 4.72 Å². The maximum Gasteiger partial charge on any atom is 0.0448 e. The van der Waals surface area contributed by atoms with E-state index in [0.717, 1.165) is 5.69 Å². The van der Waals surface area contributed by atoms with E-state index in [0.29, 0.717) is 0 Å². The van der Waals surface area contributed by atoms with Gasteiger partial charge in [-0.2, -0.15) is 0 Å². The Kier molecular flexibility index (Phi) is 3.43. The average molecular weight is 163 g/mol. The van der Waals surface area contributed by atoms with Gasteiger partial charge in [0, 0.05) is 17.6 Å². The molecule has 0 saturated carbocycles. The molecule has 0 unspecified atom stereocenters. The molecule has 0 aliphatic carbocycles. The minimum atomic E-state index is 1.08. The van der Waals surface area contributed by atoms with Crippen molar-refractivity contribution in [3.63, 3.8) is 0 Å². The summed E-state index contributed by atoms with van der Waals surface area (Å²) < 4.78 is 3.09. The van der Waals surface area contributed by atoms with Crippen molar-refractivity contribution >= 4 is 17.6 Å². The monoisotopic (exact) mass is 163 g/mol. The Morgan fingerprint density at radius 2 is 2.00 bits per heavy atom. The first-order valence-electron chi connectivity index (χ1n) is 3.32. The highest BCUT2D eigenvalue weighted by Crippen LogP contribution is 2.09. The molecule has 0 spiro atoms. The predicted octanol–water partition coefficient (Wildman–Crippen LogP) is 2.73. The minimum absolute atomic E-state index is 1.08. The number of anilines is 1. The Bertz CT molecular complexity index is 258. The van der Waals surface area contributed by atoms with Gasteiger partial charge in [0.05, 0.1) is 0 Å². The highest BCUT2D eigenvalue weighted by Gasteiger charge is 1.84. The third-order valence-electron chi connectivity index (χ3n) is 1.10. The van der Waals surface area contributed by atoms with Crippen LogP contribution in [0.25, 0.3) is 0 Å². The lowest BCUT2D eigenvalue weighted by Crippen LogP contribution is -1.81. The lowest BCUT2D eigenvalue weighted by molar-refractivity contribution is 1.69. The van der Waals surface area contributed by atoms with Gasteiger partial charge in [-0.15, -0.1) is 0 Å². The molecular weight excluding hydrogens is 154 g/mol. The maximum atomic E-state index is 3.09. The molecule has 0 aliphatic rings. The van der Waals surface area contributed by atoms with Crippen LogP contribution in [0.5, 0.6) is 0 Å². The normalized spacial score (nSPS) is 8.09. The highest BCUT2D eigenvalue weighted by molar-refractivity contribution is 8.05. The van der Waals surface area contributed by atoms with Crippen molar-refractivity contribution in [1.82, 2.24) is 0 Å². The van der Waals surface area contributed by atoms with Crippen LogP contribution >= 0.6 is 11.9 Å². The second-order valence-electron chi connectivity index (χ2n) is 1.92. The van der Waals surface area contributed by atoms with Crippen LogP contribution in [0.3, 0.4) is 0 Å². The summed E-state index contributed by atoms with van der Waals surface area (Å²) in [7, 11) is 0. The summed E-state index contributed by atoms with van der Waals surface area (Å²) in [5.74, 6) is 2.79. The predicted molar refractivity (Wildman–Crippen MR) is 51.1 cm³/mol. The van der Waals surface area contributed by atoms with Crippen molar-refractivity contribution in [2.45, 2.75) is 6.92 Å². The van der Waals surface area contributed by atoms with Crippen LogP contribution in [-0.2, 0) is 0 Å². The summed E-state index contributed by atoms with van der Waals surface area (Å²) in [6, 6.07) is 9.97.